The molecule has 7 nitrogen and oxygen atoms in total. The van der Waals surface area contributed by atoms with Crippen LogP contribution in [0.15, 0.2) is 24.5 Å². The fraction of sp³-hybridized carbons (Fsp3) is 0.474. The van der Waals surface area contributed by atoms with Crippen LogP contribution in [-0.2, 0) is 22.5 Å². The molecule has 0 saturated carbocycles. The van der Waals surface area contributed by atoms with Gasteiger partial charge in [-0.05, 0) is 25.5 Å². The molecule has 1 aliphatic rings. The zero-order valence-corrected chi connectivity index (χ0v) is 15.6. The first-order valence-electron chi connectivity index (χ1n) is 8.93. The smallest absolute Gasteiger partial charge is 0.225 e. The van der Waals surface area contributed by atoms with Crippen molar-refractivity contribution in [1.82, 2.24) is 19.9 Å². The van der Waals surface area contributed by atoms with Crippen molar-refractivity contribution in [2.45, 2.75) is 26.3 Å². The van der Waals surface area contributed by atoms with Crippen LogP contribution in [0.2, 0.25) is 0 Å². The summed E-state index contributed by atoms with van der Waals surface area (Å²) in [5, 5.41) is 0. The lowest BCUT2D eigenvalue weighted by Crippen LogP contribution is -2.37. The van der Waals surface area contributed by atoms with Gasteiger partial charge in [-0.1, -0.05) is 0 Å². The first-order chi connectivity index (χ1) is 12.6. The van der Waals surface area contributed by atoms with Gasteiger partial charge in [-0.3, -0.25) is 9.78 Å². The summed E-state index contributed by atoms with van der Waals surface area (Å²) in [5.74, 6) is 1.66. The molecule has 0 aromatic carbocycles. The Labute approximate surface area is 154 Å². The van der Waals surface area contributed by atoms with Crippen LogP contribution in [0.3, 0.4) is 0 Å². The SMILES string of the molecule is CCOCCC(=O)N1CCc2c(nc(-c3cccnc3)nc2N(C)C)C1. The molecule has 0 bridgehead atoms. The Bertz CT molecular complexity index is 764. The van der Waals surface area contributed by atoms with Gasteiger partial charge < -0.3 is 14.5 Å². The maximum absolute atomic E-state index is 12.4. The van der Waals surface area contributed by atoms with E-state index in [9.17, 15) is 4.79 Å². The van der Waals surface area contributed by atoms with Crippen LogP contribution in [0.25, 0.3) is 11.4 Å². The summed E-state index contributed by atoms with van der Waals surface area (Å²) in [6.07, 6.45) is 4.66. The Morgan fingerprint density at radius 2 is 2.19 bits per heavy atom. The Morgan fingerprint density at radius 1 is 1.35 bits per heavy atom. The lowest BCUT2D eigenvalue weighted by atomic mass is 10.0. The molecule has 0 atom stereocenters. The van der Waals surface area contributed by atoms with Gasteiger partial charge in [0.05, 0.1) is 25.3 Å². The minimum Gasteiger partial charge on any atom is -0.381 e. The predicted octanol–water partition coefficient (Wildman–Crippen LogP) is 1.92. The highest BCUT2D eigenvalue weighted by Crippen LogP contribution is 2.28. The largest absolute Gasteiger partial charge is 0.381 e. The van der Waals surface area contributed by atoms with Crippen molar-refractivity contribution in [1.29, 1.82) is 0 Å². The van der Waals surface area contributed by atoms with E-state index in [0.29, 0.717) is 38.5 Å². The fourth-order valence-corrected chi connectivity index (χ4v) is 3.08. The van der Waals surface area contributed by atoms with Crippen LogP contribution in [0.1, 0.15) is 24.6 Å². The molecule has 0 unspecified atom stereocenters. The normalized spacial score (nSPS) is 13.4. The van der Waals surface area contributed by atoms with Gasteiger partial charge in [-0.15, -0.1) is 0 Å². The Kier molecular flexibility index (Phi) is 5.78. The molecule has 2 aromatic rings. The molecule has 0 aliphatic carbocycles. The molecule has 0 saturated heterocycles. The standard InChI is InChI=1S/C19H25N5O2/c1-4-26-11-8-17(25)24-10-7-15-16(13-24)21-18(22-19(15)23(2)3)14-6-5-9-20-12-14/h5-6,9,12H,4,7-8,10-11,13H2,1-3H3. The number of fused-ring (bicyclic) bond motifs is 1. The highest BCUT2D eigenvalue weighted by Gasteiger charge is 2.26. The molecule has 1 aliphatic heterocycles. The lowest BCUT2D eigenvalue weighted by Gasteiger charge is -2.30. The summed E-state index contributed by atoms with van der Waals surface area (Å²) in [5.41, 5.74) is 2.91. The molecular formula is C19H25N5O2. The van der Waals surface area contributed by atoms with Crippen molar-refractivity contribution in [2.75, 3.05) is 38.8 Å². The maximum atomic E-state index is 12.4. The minimum atomic E-state index is 0.108. The van der Waals surface area contributed by atoms with E-state index in [0.717, 1.165) is 29.1 Å². The third-order valence-electron chi connectivity index (χ3n) is 4.40. The average Bonchev–Trinajstić information content (AvgIpc) is 2.67. The first kappa shape index (κ1) is 18.3. The molecule has 7 heteroatoms. The van der Waals surface area contributed by atoms with Crippen molar-refractivity contribution in [2.24, 2.45) is 0 Å². The van der Waals surface area contributed by atoms with Gasteiger partial charge in [0, 0.05) is 50.8 Å². The quantitative estimate of drug-likeness (QED) is 0.737. The van der Waals surface area contributed by atoms with E-state index in [-0.39, 0.29) is 5.91 Å². The number of hydrogen-bond acceptors (Lipinski definition) is 6. The summed E-state index contributed by atoms with van der Waals surface area (Å²) in [6.45, 7) is 4.23. The number of hydrogen-bond donors (Lipinski definition) is 0. The number of carbonyl (C=O) groups excluding carboxylic acids is 1. The molecule has 26 heavy (non-hydrogen) atoms. The first-order valence-corrected chi connectivity index (χ1v) is 8.93. The third kappa shape index (κ3) is 3.99. The molecule has 1 amide bonds. The Hall–Kier alpha value is -2.54. The lowest BCUT2D eigenvalue weighted by molar-refractivity contribution is -0.133. The summed E-state index contributed by atoms with van der Waals surface area (Å²) in [7, 11) is 3.96. The summed E-state index contributed by atoms with van der Waals surface area (Å²) < 4.78 is 5.31. The van der Waals surface area contributed by atoms with Crippen molar-refractivity contribution >= 4 is 11.7 Å². The second-order valence-electron chi connectivity index (χ2n) is 6.44. The molecule has 3 heterocycles. The van der Waals surface area contributed by atoms with E-state index in [1.54, 1.807) is 12.4 Å². The molecule has 2 aromatic heterocycles. The molecule has 0 radical (unpaired) electrons. The van der Waals surface area contributed by atoms with Gasteiger partial charge in [0.25, 0.3) is 0 Å². The van der Waals surface area contributed by atoms with E-state index in [1.165, 1.54) is 0 Å². The predicted molar refractivity (Wildman–Crippen MR) is 99.8 cm³/mol. The van der Waals surface area contributed by atoms with Gasteiger partial charge >= 0.3 is 0 Å². The number of rotatable bonds is 6. The molecule has 0 N–H and O–H groups in total. The summed E-state index contributed by atoms with van der Waals surface area (Å²) in [6, 6.07) is 3.82. The van der Waals surface area contributed by atoms with Crippen LogP contribution in [-0.4, -0.2) is 59.6 Å². The number of aromatic nitrogens is 3. The third-order valence-corrected chi connectivity index (χ3v) is 4.40. The van der Waals surface area contributed by atoms with Gasteiger partial charge in [-0.2, -0.15) is 0 Å². The number of amides is 1. The van der Waals surface area contributed by atoms with E-state index in [2.05, 4.69) is 4.98 Å². The molecular weight excluding hydrogens is 330 g/mol. The highest BCUT2D eigenvalue weighted by molar-refractivity contribution is 5.77. The number of anilines is 1. The van der Waals surface area contributed by atoms with E-state index >= 15 is 0 Å². The van der Waals surface area contributed by atoms with Crippen LogP contribution < -0.4 is 4.90 Å². The second-order valence-corrected chi connectivity index (χ2v) is 6.44. The molecule has 0 spiro atoms. The van der Waals surface area contributed by atoms with Gasteiger partial charge in [0.2, 0.25) is 5.91 Å². The zero-order valence-electron chi connectivity index (χ0n) is 15.6. The Morgan fingerprint density at radius 3 is 2.88 bits per heavy atom. The molecule has 0 fully saturated rings. The highest BCUT2D eigenvalue weighted by atomic mass is 16.5. The van der Waals surface area contributed by atoms with Crippen LogP contribution >= 0.6 is 0 Å². The molecule has 138 valence electrons. The fourth-order valence-electron chi connectivity index (χ4n) is 3.08. The van der Waals surface area contributed by atoms with Crippen LogP contribution in [0.5, 0.6) is 0 Å². The summed E-state index contributed by atoms with van der Waals surface area (Å²) in [4.78, 5) is 30.0. The number of pyridine rings is 1. The monoisotopic (exact) mass is 355 g/mol. The molecule has 3 rings (SSSR count). The topological polar surface area (TPSA) is 71.5 Å². The van der Waals surface area contributed by atoms with Crippen molar-refractivity contribution in [3.63, 3.8) is 0 Å². The summed E-state index contributed by atoms with van der Waals surface area (Å²) >= 11 is 0. The van der Waals surface area contributed by atoms with Crippen LogP contribution in [0, 0.1) is 0 Å². The van der Waals surface area contributed by atoms with Crippen molar-refractivity contribution < 1.29 is 9.53 Å². The van der Waals surface area contributed by atoms with Gasteiger partial charge in [0.1, 0.15) is 5.82 Å². The number of carbonyl (C=O) groups is 1. The number of nitrogens with zero attached hydrogens (tertiary/aromatic N) is 5. The number of ether oxygens (including phenoxy) is 1. The van der Waals surface area contributed by atoms with E-state index in [4.69, 9.17) is 14.7 Å². The second kappa shape index (κ2) is 8.23. The van der Waals surface area contributed by atoms with E-state index in [1.807, 2.05) is 43.0 Å². The van der Waals surface area contributed by atoms with Gasteiger partial charge in [0.15, 0.2) is 5.82 Å². The van der Waals surface area contributed by atoms with Crippen molar-refractivity contribution in [3.8, 4) is 11.4 Å². The zero-order chi connectivity index (χ0) is 18.5. The minimum absolute atomic E-state index is 0.108. The maximum Gasteiger partial charge on any atom is 0.225 e. The van der Waals surface area contributed by atoms with Crippen molar-refractivity contribution in [3.05, 3.63) is 35.8 Å². The average molecular weight is 355 g/mol. The van der Waals surface area contributed by atoms with E-state index < -0.39 is 0 Å². The van der Waals surface area contributed by atoms with Crippen LogP contribution in [0.4, 0.5) is 5.82 Å². The van der Waals surface area contributed by atoms with Gasteiger partial charge in [-0.25, -0.2) is 9.97 Å². The Balaban J connectivity index is 1.88.